The van der Waals surface area contributed by atoms with Crippen molar-refractivity contribution < 1.29 is 32.3 Å². The Morgan fingerprint density at radius 3 is 1.80 bits per heavy atom. The molecule has 0 heterocycles. The van der Waals surface area contributed by atoms with Crippen LogP contribution < -0.4 is 0 Å². The van der Waals surface area contributed by atoms with Crippen molar-refractivity contribution in [3.63, 3.8) is 0 Å². The van der Waals surface area contributed by atoms with Crippen molar-refractivity contribution in [2.45, 2.75) is 0 Å². The molecule has 0 amide bonds. The molecule has 0 saturated carbocycles. The molecule has 0 aromatic heterocycles. The van der Waals surface area contributed by atoms with Crippen molar-refractivity contribution in [1.29, 1.82) is 0 Å². The Morgan fingerprint density at radius 1 is 1.80 bits per heavy atom. The SMILES string of the molecule is O=C(O)[S-].[Au+]. The third kappa shape index (κ3) is 141. The molecule has 0 spiro atoms. The second-order valence-electron chi connectivity index (χ2n) is 0.266. The van der Waals surface area contributed by atoms with E-state index in [2.05, 4.69) is 12.6 Å². The van der Waals surface area contributed by atoms with Crippen LogP contribution >= 0.6 is 0 Å². The van der Waals surface area contributed by atoms with Gasteiger partial charge in [0.2, 0.25) is 0 Å². The van der Waals surface area contributed by atoms with Gasteiger partial charge in [0.25, 0.3) is 0 Å². The number of hydrogen-bond donors (Lipinski definition) is 1. The molecule has 0 aliphatic heterocycles. The molecule has 5 heavy (non-hydrogen) atoms. The van der Waals surface area contributed by atoms with Crippen LogP contribution in [-0.4, -0.2) is 10.4 Å². The van der Waals surface area contributed by atoms with Gasteiger partial charge in [-0.3, -0.25) is 4.79 Å². The zero-order valence-electron chi connectivity index (χ0n) is 2.07. The molecule has 0 aliphatic carbocycles. The van der Waals surface area contributed by atoms with Crippen molar-refractivity contribution in [2.75, 3.05) is 0 Å². The average Bonchev–Trinajstić information content (AvgIpc) is 0.811. The van der Waals surface area contributed by atoms with Gasteiger partial charge in [-0.1, -0.05) is 0 Å². The van der Waals surface area contributed by atoms with Gasteiger partial charge in [-0.25, -0.2) is 0 Å². The molecule has 34 valence electrons. The first-order valence-electron chi connectivity index (χ1n) is 0.632. The first kappa shape index (κ1) is 9.06. The van der Waals surface area contributed by atoms with Gasteiger partial charge in [0, 0.05) is 0 Å². The van der Waals surface area contributed by atoms with Crippen LogP contribution in [-0.2, 0) is 35.0 Å². The van der Waals surface area contributed by atoms with E-state index >= 15 is 0 Å². The first-order chi connectivity index (χ1) is 1.73. The van der Waals surface area contributed by atoms with Crippen LogP contribution in [0.3, 0.4) is 0 Å². The third-order valence-corrected chi connectivity index (χ3v) is 0. The van der Waals surface area contributed by atoms with Crippen molar-refractivity contribution in [1.82, 2.24) is 0 Å². The van der Waals surface area contributed by atoms with E-state index in [0.717, 1.165) is 0 Å². The van der Waals surface area contributed by atoms with E-state index in [9.17, 15) is 0 Å². The second-order valence-corrected chi connectivity index (χ2v) is 0.615. The summed E-state index contributed by atoms with van der Waals surface area (Å²) in [5.74, 6) is 0. The molecule has 0 aromatic carbocycles. The standard InChI is InChI=1S/CH2O2S.Au/c2-1(3)4;/h4H,(H,2,3);/q;+1/p-1. The number of hydrogen-bond acceptors (Lipinski definition) is 2. The Balaban J connectivity index is 0. The van der Waals surface area contributed by atoms with Crippen LogP contribution in [0.4, 0.5) is 4.79 Å². The van der Waals surface area contributed by atoms with E-state index < -0.39 is 5.30 Å². The molecule has 0 aliphatic rings. The van der Waals surface area contributed by atoms with E-state index in [0.29, 0.717) is 0 Å². The van der Waals surface area contributed by atoms with E-state index in [1.54, 1.807) is 0 Å². The van der Waals surface area contributed by atoms with Crippen LogP contribution in [0.2, 0.25) is 0 Å². The number of rotatable bonds is 0. The Hall–Kier alpha value is 0.430. The normalized spacial score (nSPS) is 4.80. The zero-order chi connectivity index (χ0) is 3.58. The maximum absolute atomic E-state index is 8.81. The fraction of sp³-hybridized carbons (Fsp3) is 0. The van der Waals surface area contributed by atoms with Crippen molar-refractivity contribution >= 4 is 17.9 Å². The fourth-order valence-electron chi connectivity index (χ4n) is 0. The Bertz CT molecular complexity index is 32.6. The largest absolute Gasteiger partial charge is 1.00 e. The van der Waals surface area contributed by atoms with Gasteiger partial charge in [0.1, 0.15) is 0 Å². The molecular formula is CHAuO2S. The summed E-state index contributed by atoms with van der Waals surface area (Å²) in [6.07, 6.45) is 0. The average molecular weight is 274 g/mol. The minimum atomic E-state index is -1.25. The maximum Gasteiger partial charge on any atom is 1.00 e. The summed E-state index contributed by atoms with van der Waals surface area (Å²) in [5.41, 5.74) is 0. The van der Waals surface area contributed by atoms with Gasteiger partial charge < -0.3 is 17.7 Å². The summed E-state index contributed by atoms with van der Waals surface area (Å²) in [5, 5.41) is 5.98. The Labute approximate surface area is 50.5 Å². The minimum absolute atomic E-state index is 0. The molecule has 0 bridgehead atoms. The van der Waals surface area contributed by atoms with Crippen LogP contribution in [0.1, 0.15) is 0 Å². The quantitative estimate of drug-likeness (QED) is 0.507. The second kappa shape index (κ2) is 4.43. The molecule has 4 heteroatoms. The molecule has 2 nitrogen and oxygen atoms in total. The van der Waals surface area contributed by atoms with Gasteiger partial charge in [-0.2, -0.15) is 0 Å². The minimum Gasteiger partial charge on any atom is -0.698 e. The first-order valence-corrected chi connectivity index (χ1v) is 1.04. The van der Waals surface area contributed by atoms with E-state index in [1.165, 1.54) is 0 Å². The molecule has 0 radical (unpaired) electrons. The van der Waals surface area contributed by atoms with Crippen molar-refractivity contribution in [3.8, 4) is 0 Å². The molecule has 0 unspecified atom stereocenters. The number of carbonyl (C=O) groups is 1. The molecule has 0 aromatic rings. The molecule has 0 fully saturated rings. The molecule has 0 saturated heterocycles. The third-order valence-electron chi connectivity index (χ3n) is 0. The number of carboxylic acid groups (broad SMARTS) is 1. The maximum atomic E-state index is 8.81. The molecule has 0 atom stereocenters. The van der Waals surface area contributed by atoms with Gasteiger partial charge in [-0.05, 0) is 0 Å². The van der Waals surface area contributed by atoms with Crippen LogP contribution in [0.25, 0.3) is 0 Å². The smallest absolute Gasteiger partial charge is 0.698 e. The van der Waals surface area contributed by atoms with Gasteiger partial charge >= 0.3 is 22.4 Å². The predicted molar refractivity (Wildman–Crippen MR) is 15.4 cm³/mol. The van der Waals surface area contributed by atoms with Gasteiger partial charge in [0.15, 0.2) is 5.30 Å². The summed E-state index contributed by atoms with van der Waals surface area (Å²) in [7, 11) is 0. The molecule has 0 rings (SSSR count). The van der Waals surface area contributed by atoms with E-state index in [-0.39, 0.29) is 22.4 Å². The van der Waals surface area contributed by atoms with Gasteiger partial charge in [-0.15, -0.1) is 0 Å². The van der Waals surface area contributed by atoms with Crippen LogP contribution in [0.15, 0.2) is 0 Å². The summed E-state index contributed by atoms with van der Waals surface area (Å²) in [6, 6.07) is 0. The summed E-state index contributed by atoms with van der Waals surface area (Å²) in [6.45, 7) is 0. The predicted octanol–water partition coefficient (Wildman–Crippen LogP) is 0.209. The Kier molecular flexibility index (Phi) is 8.03. The van der Waals surface area contributed by atoms with Crippen molar-refractivity contribution in [3.05, 3.63) is 0 Å². The van der Waals surface area contributed by atoms with Crippen molar-refractivity contribution in [2.24, 2.45) is 0 Å². The summed E-state index contributed by atoms with van der Waals surface area (Å²) < 4.78 is 0. The molecule has 1 N–H and O–H groups in total. The van der Waals surface area contributed by atoms with Gasteiger partial charge in [0.05, 0.1) is 0 Å². The monoisotopic (exact) mass is 274 g/mol. The topological polar surface area (TPSA) is 37.3 Å². The van der Waals surface area contributed by atoms with Crippen LogP contribution in [0.5, 0.6) is 0 Å². The van der Waals surface area contributed by atoms with E-state index in [4.69, 9.17) is 9.90 Å². The summed E-state index contributed by atoms with van der Waals surface area (Å²) in [4.78, 5) is 8.81. The zero-order valence-corrected chi connectivity index (χ0v) is 5.05. The summed E-state index contributed by atoms with van der Waals surface area (Å²) >= 11 is 3.54. The van der Waals surface area contributed by atoms with Crippen LogP contribution in [0, 0.1) is 0 Å². The molecular weight excluding hydrogens is 273 g/mol. The Morgan fingerprint density at radius 2 is 1.80 bits per heavy atom. The fourth-order valence-corrected chi connectivity index (χ4v) is 0. The van der Waals surface area contributed by atoms with E-state index in [1.807, 2.05) is 0 Å².